The number of benzene rings is 1. The Balaban J connectivity index is 2.19. The molecule has 0 radical (unpaired) electrons. The molecule has 0 atom stereocenters. The van der Waals surface area contributed by atoms with E-state index in [1.807, 2.05) is 0 Å². The maximum absolute atomic E-state index is 13.6. The predicted octanol–water partition coefficient (Wildman–Crippen LogP) is 1.58. The molecule has 100 valence electrons. The highest BCUT2D eigenvalue weighted by molar-refractivity contribution is 7.99. The molecule has 0 bridgehead atoms. The Bertz CT molecular complexity index is 528. The van der Waals surface area contributed by atoms with Gasteiger partial charge >= 0.3 is 0 Å². The zero-order valence-electron chi connectivity index (χ0n) is 9.73. The summed E-state index contributed by atoms with van der Waals surface area (Å²) in [7, 11) is -3.80. The molecule has 1 saturated heterocycles. The lowest BCUT2D eigenvalue weighted by Crippen LogP contribution is -2.37. The quantitative estimate of drug-likeness (QED) is 0.829. The summed E-state index contributed by atoms with van der Waals surface area (Å²) in [5, 5.41) is 0. The largest absolute Gasteiger partial charge is 0.399 e. The molecule has 1 heterocycles. The number of anilines is 1. The van der Waals surface area contributed by atoms with E-state index in [1.165, 1.54) is 12.1 Å². The summed E-state index contributed by atoms with van der Waals surface area (Å²) in [6.07, 6.45) is 1.56. The smallest absolute Gasteiger partial charge is 0.243 e. The molecular weight excluding hydrogens is 275 g/mol. The number of nitrogen functional groups attached to an aromatic ring is 1. The zero-order valence-corrected chi connectivity index (χ0v) is 11.4. The van der Waals surface area contributed by atoms with Gasteiger partial charge in [0, 0.05) is 11.7 Å². The fraction of sp³-hybridized carbons (Fsp3) is 0.455. The monoisotopic (exact) mass is 290 g/mol. The standard InChI is InChI=1S/C11H15FN2O2S2/c12-10-7-8(13)1-2-11(10)18(15,16)14-9-3-5-17-6-4-9/h1-2,7,9,14H,3-6,13H2. The number of hydrogen-bond donors (Lipinski definition) is 2. The van der Waals surface area contributed by atoms with Crippen LogP contribution in [0.2, 0.25) is 0 Å². The molecule has 2 rings (SSSR count). The van der Waals surface area contributed by atoms with Crippen LogP contribution in [0, 0.1) is 5.82 Å². The average molecular weight is 290 g/mol. The van der Waals surface area contributed by atoms with Crippen molar-refractivity contribution < 1.29 is 12.8 Å². The van der Waals surface area contributed by atoms with Gasteiger partial charge in [-0.2, -0.15) is 11.8 Å². The Morgan fingerprint density at radius 2 is 2.00 bits per heavy atom. The molecule has 1 aromatic rings. The Morgan fingerprint density at radius 1 is 1.33 bits per heavy atom. The van der Waals surface area contributed by atoms with Crippen LogP contribution in [0.25, 0.3) is 0 Å². The van der Waals surface area contributed by atoms with Crippen LogP contribution in [0.4, 0.5) is 10.1 Å². The molecule has 3 N–H and O–H groups in total. The molecule has 0 spiro atoms. The number of rotatable bonds is 3. The first kappa shape index (κ1) is 13.6. The molecule has 1 aromatic carbocycles. The fourth-order valence-corrected chi connectivity index (χ4v) is 4.30. The number of halogens is 1. The van der Waals surface area contributed by atoms with Crippen molar-refractivity contribution in [3.8, 4) is 0 Å². The lowest BCUT2D eigenvalue weighted by atomic mass is 10.2. The van der Waals surface area contributed by atoms with Gasteiger partial charge in [-0.3, -0.25) is 0 Å². The summed E-state index contributed by atoms with van der Waals surface area (Å²) < 4.78 is 40.2. The van der Waals surface area contributed by atoms with E-state index in [0.717, 1.165) is 30.4 Å². The highest BCUT2D eigenvalue weighted by Gasteiger charge is 2.24. The van der Waals surface area contributed by atoms with Crippen molar-refractivity contribution in [2.24, 2.45) is 0 Å². The van der Waals surface area contributed by atoms with Crippen molar-refractivity contribution in [3.05, 3.63) is 24.0 Å². The third-order valence-corrected chi connectivity index (χ3v) is 5.39. The Morgan fingerprint density at radius 3 is 2.61 bits per heavy atom. The van der Waals surface area contributed by atoms with E-state index < -0.39 is 15.8 Å². The molecule has 7 heteroatoms. The highest BCUT2D eigenvalue weighted by Crippen LogP contribution is 2.21. The zero-order chi connectivity index (χ0) is 13.2. The van der Waals surface area contributed by atoms with Gasteiger partial charge in [-0.05, 0) is 42.5 Å². The summed E-state index contributed by atoms with van der Waals surface area (Å²) in [5.74, 6) is 1.04. The number of nitrogens with two attached hydrogens (primary N) is 1. The minimum atomic E-state index is -3.80. The number of nitrogens with one attached hydrogen (secondary N) is 1. The molecule has 0 amide bonds. The van der Waals surface area contributed by atoms with E-state index in [9.17, 15) is 12.8 Å². The van der Waals surface area contributed by atoms with E-state index >= 15 is 0 Å². The summed E-state index contributed by atoms with van der Waals surface area (Å²) in [4.78, 5) is -0.338. The van der Waals surface area contributed by atoms with Crippen LogP contribution in [0.5, 0.6) is 0 Å². The normalized spacial score (nSPS) is 17.8. The summed E-state index contributed by atoms with van der Waals surface area (Å²) in [6, 6.07) is 3.50. The first-order valence-electron chi connectivity index (χ1n) is 5.64. The van der Waals surface area contributed by atoms with Gasteiger partial charge in [-0.25, -0.2) is 17.5 Å². The fourth-order valence-electron chi connectivity index (χ4n) is 1.83. The maximum atomic E-state index is 13.6. The van der Waals surface area contributed by atoms with Crippen LogP contribution < -0.4 is 10.5 Å². The molecule has 1 fully saturated rings. The first-order valence-corrected chi connectivity index (χ1v) is 8.28. The van der Waals surface area contributed by atoms with E-state index in [-0.39, 0.29) is 16.6 Å². The SMILES string of the molecule is Nc1ccc(S(=O)(=O)NC2CCSCC2)c(F)c1. The third kappa shape index (κ3) is 3.15. The molecule has 1 aliphatic rings. The van der Waals surface area contributed by atoms with E-state index in [1.54, 1.807) is 11.8 Å². The van der Waals surface area contributed by atoms with Crippen molar-refractivity contribution in [1.82, 2.24) is 4.72 Å². The molecule has 0 saturated carbocycles. The van der Waals surface area contributed by atoms with E-state index in [0.29, 0.717) is 0 Å². The van der Waals surface area contributed by atoms with Gasteiger partial charge in [0.15, 0.2) is 0 Å². The number of thioether (sulfide) groups is 1. The van der Waals surface area contributed by atoms with Crippen LogP contribution in [0.15, 0.2) is 23.1 Å². The average Bonchev–Trinajstić information content (AvgIpc) is 2.29. The second-order valence-corrected chi connectivity index (χ2v) is 7.10. The van der Waals surface area contributed by atoms with Crippen LogP contribution >= 0.6 is 11.8 Å². The second kappa shape index (κ2) is 5.46. The Hall–Kier alpha value is -0.790. The van der Waals surface area contributed by atoms with Gasteiger partial charge in [0.25, 0.3) is 0 Å². The van der Waals surface area contributed by atoms with Crippen molar-refractivity contribution in [1.29, 1.82) is 0 Å². The third-order valence-electron chi connectivity index (χ3n) is 2.79. The van der Waals surface area contributed by atoms with Crippen LogP contribution in [-0.4, -0.2) is 26.0 Å². The molecule has 18 heavy (non-hydrogen) atoms. The minimum absolute atomic E-state index is 0.104. The van der Waals surface area contributed by atoms with E-state index in [2.05, 4.69) is 4.72 Å². The van der Waals surface area contributed by atoms with Crippen molar-refractivity contribution in [3.63, 3.8) is 0 Å². The molecule has 0 aliphatic carbocycles. The van der Waals surface area contributed by atoms with Gasteiger partial charge in [0.05, 0.1) is 0 Å². The summed E-state index contributed by atoms with van der Waals surface area (Å²) in [6.45, 7) is 0. The number of hydrogen-bond acceptors (Lipinski definition) is 4. The first-order chi connectivity index (χ1) is 8.49. The van der Waals surface area contributed by atoms with Gasteiger partial charge in [-0.15, -0.1) is 0 Å². The minimum Gasteiger partial charge on any atom is -0.399 e. The number of sulfonamides is 1. The van der Waals surface area contributed by atoms with Gasteiger partial charge in [0.1, 0.15) is 10.7 Å². The lowest BCUT2D eigenvalue weighted by molar-refractivity contribution is 0.519. The van der Waals surface area contributed by atoms with Crippen LogP contribution in [-0.2, 0) is 10.0 Å². The van der Waals surface area contributed by atoms with Crippen LogP contribution in [0.1, 0.15) is 12.8 Å². The second-order valence-electron chi connectivity index (χ2n) is 4.20. The van der Waals surface area contributed by atoms with Crippen molar-refractivity contribution in [2.75, 3.05) is 17.2 Å². The Labute approximate surface area is 110 Å². The van der Waals surface area contributed by atoms with Crippen molar-refractivity contribution >= 4 is 27.5 Å². The molecule has 0 aromatic heterocycles. The van der Waals surface area contributed by atoms with Gasteiger partial charge < -0.3 is 5.73 Å². The summed E-state index contributed by atoms with van der Waals surface area (Å²) in [5.41, 5.74) is 5.61. The summed E-state index contributed by atoms with van der Waals surface area (Å²) >= 11 is 1.80. The predicted molar refractivity (Wildman–Crippen MR) is 71.5 cm³/mol. The van der Waals surface area contributed by atoms with Crippen molar-refractivity contribution in [2.45, 2.75) is 23.8 Å². The van der Waals surface area contributed by atoms with Gasteiger partial charge in [-0.1, -0.05) is 0 Å². The Kier molecular flexibility index (Phi) is 4.14. The molecular formula is C11H15FN2O2S2. The molecule has 4 nitrogen and oxygen atoms in total. The van der Waals surface area contributed by atoms with Crippen LogP contribution in [0.3, 0.4) is 0 Å². The topological polar surface area (TPSA) is 72.2 Å². The molecule has 0 unspecified atom stereocenters. The van der Waals surface area contributed by atoms with E-state index in [4.69, 9.17) is 5.73 Å². The maximum Gasteiger partial charge on any atom is 0.243 e. The highest BCUT2D eigenvalue weighted by atomic mass is 32.2. The molecule has 1 aliphatic heterocycles. The van der Waals surface area contributed by atoms with Gasteiger partial charge in [0.2, 0.25) is 10.0 Å². The lowest BCUT2D eigenvalue weighted by Gasteiger charge is -2.22.